The second kappa shape index (κ2) is 7.23. The number of carbonyl (C=O) groups excluding carboxylic acids is 2. The molecule has 24 heavy (non-hydrogen) atoms. The number of amides is 3. The van der Waals surface area contributed by atoms with E-state index in [0.29, 0.717) is 18.4 Å². The zero-order valence-corrected chi connectivity index (χ0v) is 14.6. The summed E-state index contributed by atoms with van der Waals surface area (Å²) in [5.41, 5.74) is 0. The van der Waals surface area contributed by atoms with Gasteiger partial charge in [-0.1, -0.05) is 0 Å². The van der Waals surface area contributed by atoms with Crippen LogP contribution >= 0.6 is 0 Å². The fourth-order valence-electron chi connectivity index (χ4n) is 3.72. The molecule has 3 amide bonds. The van der Waals surface area contributed by atoms with E-state index < -0.39 is 0 Å². The molecule has 1 saturated heterocycles. The number of hydrogen-bond donors (Lipinski definition) is 1. The van der Waals surface area contributed by atoms with Crippen LogP contribution in [0.5, 0.6) is 0 Å². The smallest absolute Gasteiger partial charge is 0.323 e. The third kappa shape index (κ3) is 3.55. The van der Waals surface area contributed by atoms with Crippen LogP contribution in [-0.2, 0) is 11.8 Å². The Kier molecular flexibility index (Phi) is 5.06. The first-order valence-corrected chi connectivity index (χ1v) is 8.89. The predicted octanol–water partition coefficient (Wildman–Crippen LogP) is 2.21. The summed E-state index contributed by atoms with van der Waals surface area (Å²) in [6.07, 6.45) is 7.90. The summed E-state index contributed by atoms with van der Waals surface area (Å²) in [6.45, 7) is 3.09. The summed E-state index contributed by atoms with van der Waals surface area (Å²) in [4.78, 5) is 28.5. The highest BCUT2D eigenvalue weighted by Gasteiger charge is 2.33. The van der Waals surface area contributed by atoms with Gasteiger partial charge in [-0.2, -0.15) is 5.10 Å². The molecular formula is C17H27N5O2. The Hall–Kier alpha value is -2.05. The zero-order chi connectivity index (χ0) is 17.1. The van der Waals surface area contributed by atoms with Gasteiger partial charge >= 0.3 is 6.03 Å². The molecule has 0 aromatic carbocycles. The van der Waals surface area contributed by atoms with E-state index in [0.717, 1.165) is 38.6 Å². The first kappa shape index (κ1) is 16.8. The number of aryl methyl sites for hydroxylation is 1. The van der Waals surface area contributed by atoms with E-state index in [1.165, 1.54) is 6.42 Å². The summed E-state index contributed by atoms with van der Waals surface area (Å²) in [5, 5.41) is 6.97. The highest BCUT2D eigenvalue weighted by molar-refractivity contribution is 5.88. The average Bonchev–Trinajstić information content (AvgIpc) is 2.75. The SMILES string of the molecule is CC(=O)N(C1CCC1)[C@@H]1CCCN(C(=O)Nc2ccnn2C)CC1. The second-order valence-electron chi connectivity index (χ2n) is 6.85. The Morgan fingerprint density at radius 1 is 1.17 bits per heavy atom. The lowest BCUT2D eigenvalue weighted by atomic mass is 9.89. The van der Waals surface area contributed by atoms with Crippen molar-refractivity contribution >= 4 is 17.8 Å². The molecule has 2 fully saturated rings. The molecule has 1 N–H and O–H groups in total. The van der Waals surface area contributed by atoms with Crippen molar-refractivity contribution in [3.05, 3.63) is 12.3 Å². The topological polar surface area (TPSA) is 70.5 Å². The van der Waals surface area contributed by atoms with Gasteiger partial charge in [-0.3, -0.25) is 14.8 Å². The van der Waals surface area contributed by atoms with Crippen molar-refractivity contribution in [3.63, 3.8) is 0 Å². The van der Waals surface area contributed by atoms with Gasteiger partial charge in [0.15, 0.2) is 0 Å². The Morgan fingerprint density at radius 2 is 1.88 bits per heavy atom. The van der Waals surface area contributed by atoms with Crippen LogP contribution in [0, 0.1) is 0 Å². The molecule has 3 rings (SSSR count). The first-order chi connectivity index (χ1) is 11.6. The van der Waals surface area contributed by atoms with Crippen LogP contribution in [0.4, 0.5) is 10.6 Å². The maximum Gasteiger partial charge on any atom is 0.323 e. The van der Waals surface area contributed by atoms with Gasteiger partial charge < -0.3 is 9.80 Å². The first-order valence-electron chi connectivity index (χ1n) is 8.89. The maximum atomic E-state index is 12.5. The van der Waals surface area contributed by atoms with Gasteiger partial charge in [-0.05, 0) is 38.5 Å². The van der Waals surface area contributed by atoms with Gasteiger partial charge in [0.05, 0.1) is 6.20 Å². The molecule has 0 radical (unpaired) electrons. The van der Waals surface area contributed by atoms with Crippen molar-refractivity contribution in [2.45, 2.75) is 57.5 Å². The summed E-state index contributed by atoms with van der Waals surface area (Å²) in [5.74, 6) is 0.873. The standard InChI is InChI=1S/C17H27N5O2/c1-13(23)22(14-5-3-6-14)15-7-4-11-21(12-9-15)17(24)19-16-8-10-18-20(16)2/h8,10,14-15H,3-7,9,11-12H2,1-2H3,(H,19,24)/t15-/m1/s1. The Morgan fingerprint density at radius 3 is 2.46 bits per heavy atom. The van der Waals surface area contributed by atoms with Crippen molar-refractivity contribution in [1.29, 1.82) is 0 Å². The molecule has 7 nitrogen and oxygen atoms in total. The van der Waals surface area contributed by atoms with Crippen LogP contribution in [0.25, 0.3) is 0 Å². The highest BCUT2D eigenvalue weighted by Crippen LogP contribution is 2.30. The van der Waals surface area contributed by atoms with E-state index in [9.17, 15) is 9.59 Å². The average molecular weight is 333 g/mol. The summed E-state index contributed by atoms with van der Waals surface area (Å²) >= 11 is 0. The Bertz CT molecular complexity index is 596. The maximum absolute atomic E-state index is 12.5. The van der Waals surface area contributed by atoms with Crippen LogP contribution in [0.3, 0.4) is 0 Å². The Balaban J connectivity index is 1.59. The number of carbonyl (C=O) groups is 2. The van der Waals surface area contributed by atoms with Crippen LogP contribution in [0.1, 0.15) is 45.4 Å². The van der Waals surface area contributed by atoms with Gasteiger partial charge in [-0.25, -0.2) is 4.79 Å². The van der Waals surface area contributed by atoms with Gasteiger partial charge in [0.25, 0.3) is 0 Å². The van der Waals surface area contributed by atoms with Gasteiger partial charge in [0.1, 0.15) is 5.82 Å². The van der Waals surface area contributed by atoms with Crippen molar-refractivity contribution in [2.24, 2.45) is 7.05 Å². The normalized spacial score (nSPS) is 21.8. The molecule has 7 heteroatoms. The van der Waals surface area contributed by atoms with Crippen LogP contribution in [0.15, 0.2) is 12.3 Å². The highest BCUT2D eigenvalue weighted by atomic mass is 16.2. The van der Waals surface area contributed by atoms with Crippen LogP contribution < -0.4 is 5.32 Å². The zero-order valence-electron chi connectivity index (χ0n) is 14.6. The number of likely N-dealkylation sites (tertiary alicyclic amines) is 1. The van der Waals surface area contributed by atoms with Gasteiger partial charge in [-0.15, -0.1) is 0 Å². The number of anilines is 1. The van der Waals surface area contributed by atoms with Gasteiger partial charge in [0.2, 0.25) is 5.91 Å². The largest absolute Gasteiger partial charge is 0.337 e. The minimum atomic E-state index is -0.0859. The lowest BCUT2D eigenvalue weighted by Crippen LogP contribution is -2.49. The molecule has 0 bridgehead atoms. The van der Waals surface area contributed by atoms with E-state index >= 15 is 0 Å². The van der Waals surface area contributed by atoms with Crippen molar-refractivity contribution in [1.82, 2.24) is 19.6 Å². The fourth-order valence-corrected chi connectivity index (χ4v) is 3.72. The van der Waals surface area contributed by atoms with E-state index in [1.807, 2.05) is 4.90 Å². The number of aromatic nitrogens is 2. The monoisotopic (exact) mass is 333 g/mol. The molecule has 132 valence electrons. The lowest BCUT2D eigenvalue weighted by Gasteiger charge is -2.42. The van der Waals surface area contributed by atoms with E-state index in [-0.39, 0.29) is 18.0 Å². The fraction of sp³-hybridized carbons (Fsp3) is 0.706. The molecule has 0 spiro atoms. The number of urea groups is 1. The van der Waals surface area contributed by atoms with Gasteiger partial charge in [0, 0.05) is 45.2 Å². The molecule has 1 aromatic rings. The number of nitrogens with one attached hydrogen (secondary N) is 1. The number of hydrogen-bond acceptors (Lipinski definition) is 3. The van der Waals surface area contributed by atoms with Crippen LogP contribution in [-0.4, -0.2) is 56.7 Å². The van der Waals surface area contributed by atoms with Crippen LogP contribution in [0.2, 0.25) is 0 Å². The summed E-state index contributed by atoms with van der Waals surface area (Å²) in [7, 11) is 1.80. The molecule has 1 saturated carbocycles. The Labute approximate surface area is 143 Å². The molecule has 1 aliphatic heterocycles. The summed E-state index contributed by atoms with van der Waals surface area (Å²) < 4.78 is 1.65. The molecule has 1 atom stereocenters. The van der Waals surface area contributed by atoms with Crippen molar-refractivity contribution in [3.8, 4) is 0 Å². The van der Waals surface area contributed by atoms with Crippen molar-refractivity contribution < 1.29 is 9.59 Å². The summed E-state index contributed by atoms with van der Waals surface area (Å²) in [6, 6.07) is 2.38. The van der Waals surface area contributed by atoms with Crippen molar-refractivity contribution in [2.75, 3.05) is 18.4 Å². The second-order valence-corrected chi connectivity index (χ2v) is 6.85. The third-order valence-electron chi connectivity index (χ3n) is 5.27. The molecule has 2 heterocycles. The van der Waals surface area contributed by atoms with E-state index in [1.54, 1.807) is 30.9 Å². The molecular weight excluding hydrogens is 306 g/mol. The minimum Gasteiger partial charge on any atom is -0.337 e. The molecule has 1 aliphatic carbocycles. The lowest BCUT2D eigenvalue weighted by molar-refractivity contribution is -0.136. The third-order valence-corrected chi connectivity index (χ3v) is 5.27. The quantitative estimate of drug-likeness (QED) is 0.922. The number of rotatable bonds is 3. The van der Waals surface area contributed by atoms with E-state index in [2.05, 4.69) is 15.3 Å². The minimum absolute atomic E-state index is 0.0859. The molecule has 1 aromatic heterocycles. The molecule has 0 unspecified atom stereocenters. The van der Waals surface area contributed by atoms with E-state index in [4.69, 9.17) is 0 Å². The number of nitrogens with zero attached hydrogens (tertiary/aromatic N) is 4. The predicted molar refractivity (Wildman–Crippen MR) is 91.6 cm³/mol. The molecule has 2 aliphatic rings.